The number of hydrogen-bond acceptors (Lipinski definition) is 4. The predicted molar refractivity (Wildman–Crippen MR) is 88.3 cm³/mol. The third-order valence-corrected chi connectivity index (χ3v) is 7.92. The molecule has 4 aliphatic carbocycles. The van der Waals surface area contributed by atoms with E-state index in [4.69, 9.17) is 9.47 Å². The minimum atomic E-state index is -0.364. The first kappa shape index (κ1) is 15.6. The maximum absolute atomic E-state index is 12.3. The van der Waals surface area contributed by atoms with Gasteiger partial charge in [0.2, 0.25) is 0 Å². The van der Waals surface area contributed by atoms with Crippen LogP contribution in [0.4, 0.5) is 0 Å². The van der Waals surface area contributed by atoms with Crippen molar-refractivity contribution in [3.63, 3.8) is 0 Å². The third kappa shape index (κ3) is 2.21. The summed E-state index contributed by atoms with van der Waals surface area (Å²) in [5, 5.41) is 10.7. The molecule has 1 spiro atoms. The molecule has 4 nitrogen and oxygen atoms in total. The molecular formula is C20H30O4. The van der Waals surface area contributed by atoms with Crippen molar-refractivity contribution in [2.45, 2.75) is 101 Å². The van der Waals surface area contributed by atoms with Crippen LogP contribution >= 0.6 is 0 Å². The Morgan fingerprint density at radius 2 is 2.12 bits per heavy atom. The van der Waals surface area contributed by atoms with Gasteiger partial charge >= 0.3 is 5.97 Å². The Bertz CT molecular complexity index is 560. The van der Waals surface area contributed by atoms with Crippen molar-refractivity contribution >= 4 is 5.97 Å². The van der Waals surface area contributed by atoms with Gasteiger partial charge in [0.15, 0.2) is 0 Å². The minimum absolute atomic E-state index is 0.00579. The summed E-state index contributed by atoms with van der Waals surface area (Å²) in [6.07, 6.45) is 11.3. The zero-order valence-corrected chi connectivity index (χ0v) is 14.8. The molecule has 4 heteroatoms. The molecule has 0 amide bonds. The first-order valence-corrected chi connectivity index (χ1v) is 10.1. The topological polar surface area (TPSA) is 55.8 Å². The van der Waals surface area contributed by atoms with Gasteiger partial charge in [0.05, 0.1) is 23.2 Å². The molecule has 24 heavy (non-hydrogen) atoms. The first-order chi connectivity index (χ1) is 11.4. The molecule has 0 aromatic carbocycles. The number of aliphatic hydroxyl groups is 1. The van der Waals surface area contributed by atoms with Gasteiger partial charge in [-0.25, -0.2) is 0 Å². The van der Waals surface area contributed by atoms with E-state index in [0.717, 1.165) is 64.2 Å². The highest BCUT2D eigenvalue weighted by Gasteiger charge is 2.73. The maximum Gasteiger partial charge on any atom is 0.309 e. The second-order valence-corrected chi connectivity index (χ2v) is 9.59. The largest absolute Gasteiger partial charge is 0.462 e. The highest BCUT2D eigenvalue weighted by atomic mass is 16.6. The second kappa shape index (κ2) is 4.97. The van der Waals surface area contributed by atoms with Crippen LogP contribution in [0.2, 0.25) is 0 Å². The van der Waals surface area contributed by atoms with E-state index in [9.17, 15) is 9.90 Å². The molecule has 134 valence electrons. The van der Waals surface area contributed by atoms with Gasteiger partial charge in [-0.2, -0.15) is 0 Å². The monoisotopic (exact) mass is 334 g/mol. The van der Waals surface area contributed by atoms with Crippen molar-refractivity contribution < 1.29 is 19.4 Å². The lowest BCUT2D eigenvalue weighted by Crippen LogP contribution is -2.44. The molecule has 4 saturated carbocycles. The summed E-state index contributed by atoms with van der Waals surface area (Å²) in [7, 11) is 0. The van der Waals surface area contributed by atoms with Gasteiger partial charge < -0.3 is 14.6 Å². The lowest BCUT2D eigenvalue weighted by atomic mass is 9.76. The number of carbonyl (C=O) groups is 1. The minimum Gasteiger partial charge on any atom is -0.462 e. The van der Waals surface area contributed by atoms with Crippen LogP contribution in [0.1, 0.15) is 77.6 Å². The molecule has 1 aliphatic heterocycles. The molecule has 7 unspecified atom stereocenters. The Balaban J connectivity index is 1.36. The van der Waals surface area contributed by atoms with Crippen LogP contribution in [-0.2, 0) is 14.3 Å². The van der Waals surface area contributed by atoms with E-state index in [0.29, 0.717) is 5.92 Å². The Morgan fingerprint density at radius 3 is 2.92 bits per heavy atom. The van der Waals surface area contributed by atoms with E-state index in [2.05, 4.69) is 6.92 Å². The van der Waals surface area contributed by atoms with E-state index in [1.165, 1.54) is 6.42 Å². The number of rotatable bonds is 3. The molecular weight excluding hydrogens is 304 g/mol. The molecule has 1 heterocycles. The van der Waals surface area contributed by atoms with Crippen LogP contribution in [-0.4, -0.2) is 34.5 Å². The standard InChI is InChI=1S/C20H30O4/c1-2-14-9-19(5-3-4-15(11-19)23-17(14)21)24-16-6-13-7-18(10-16)12-20(18,22)8-13/h13-16,22H,2-12H2,1H3. The van der Waals surface area contributed by atoms with Crippen molar-refractivity contribution in [3.05, 3.63) is 0 Å². The SMILES string of the molecule is CCC1CC2(OC3CC4CC5(O)CC5(C4)C3)CCCC(C2)OC1=O. The van der Waals surface area contributed by atoms with Crippen molar-refractivity contribution in [3.8, 4) is 0 Å². The summed E-state index contributed by atoms with van der Waals surface area (Å²) in [4.78, 5) is 12.3. The van der Waals surface area contributed by atoms with Gasteiger partial charge in [-0.3, -0.25) is 4.79 Å². The predicted octanol–water partition coefficient (Wildman–Crippen LogP) is 3.35. The Hall–Kier alpha value is -0.610. The van der Waals surface area contributed by atoms with Crippen LogP contribution in [0, 0.1) is 17.3 Å². The third-order valence-electron chi connectivity index (χ3n) is 7.92. The van der Waals surface area contributed by atoms with Gasteiger partial charge in [-0.05, 0) is 70.1 Å². The summed E-state index contributed by atoms with van der Waals surface area (Å²) in [5.74, 6) is 0.627. The number of fused-ring (bicyclic) bond motifs is 3. The summed E-state index contributed by atoms with van der Waals surface area (Å²) in [6.45, 7) is 2.08. The van der Waals surface area contributed by atoms with Gasteiger partial charge in [0.25, 0.3) is 0 Å². The van der Waals surface area contributed by atoms with Gasteiger partial charge in [-0.15, -0.1) is 0 Å². The van der Waals surface area contributed by atoms with E-state index in [1.54, 1.807) is 0 Å². The maximum atomic E-state index is 12.3. The van der Waals surface area contributed by atoms with Crippen molar-refractivity contribution in [1.29, 1.82) is 0 Å². The fourth-order valence-corrected chi connectivity index (χ4v) is 6.83. The van der Waals surface area contributed by atoms with Crippen molar-refractivity contribution in [2.24, 2.45) is 17.3 Å². The zero-order valence-electron chi connectivity index (χ0n) is 14.8. The Labute approximate surface area is 144 Å². The fraction of sp³-hybridized carbons (Fsp3) is 0.950. The van der Waals surface area contributed by atoms with Gasteiger partial charge in [0, 0.05) is 11.8 Å². The zero-order chi connectivity index (χ0) is 16.6. The quantitative estimate of drug-likeness (QED) is 0.804. The Morgan fingerprint density at radius 1 is 1.25 bits per heavy atom. The number of ether oxygens (including phenoxy) is 2. The highest BCUT2D eigenvalue weighted by Crippen LogP contribution is 2.74. The van der Waals surface area contributed by atoms with Crippen LogP contribution in [0.3, 0.4) is 0 Å². The van der Waals surface area contributed by atoms with E-state index in [1.807, 2.05) is 0 Å². The lowest BCUT2D eigenvalue weighted by Gasteiger charge is -2.43. The summed E-state index contributed by atoms with van der Waals surface area (Å²) >= 11 is 0. The van der Waals surface area contributed by atoms with E-state index >= 15 is 0 Å². The summed E-state index contributed by atoms with van der Waals surface area (Å²) < 4.78 is 12.6. The van der Waals surface area contributed by atoms with Crippen LogP contribution in [0.5, 0.6) is 0 Å². The van der Waals surface area contributed by atoms with Crippen LogP contribution in [0.15, 0.2) is 0 Å². The molecule has 5 fully saturated rings. The molecule has 0 radical (unpaired) electrons. The Kier molecular flexibility index (Phi) is 3.24. The van der Waals surface area contributed by atoms with E-state index in [-0.39, 0.29) is 40.7 Å². The van der Waals surface area contributed by atoms with Crippen molar-refractivity contribution in [1.82, 2.24) is 0 Å². The molecule has 4 bridgehead atoms. The average molecular weight is 334 g/mol. The first-order valence-electron chi connectivity index (χ1n) is 10.1. The average Bonchev–Trinajstić information content (AvgIpc) is 3.00. The van der Waals surface area contributed by atoms with Crippen LogP contribution < -0.4 is 0 Å². The van der Waals surface area contributed by atoms with Crippen molar-refractivity contribution in [2.75, 3.05) is 0 Å². The second-order valence-electron chi connectivity index (χ2n) is 9.59. The van der Waals surface area contributed by atoms with Gasteiger partial charge in [-0.1, -0.05) is 6.92 Å². The lowest BCUT2D eigenvalue weighted by molar-refractivity contribution is -0.157. The number of esters is 1. The van der Waals surface area contributed by atoms with Gasteiger partial charge in [0.1, 0.15) is 6.10 Å². The molecule has 1 saturated heterocycles. The molecule has 0 aromatic heterocycles. The van der Waals surface area contributed by atoms with Crippen LogP contribution in [0.25, 0.3) is 0 Å². The normalized spacial score (nSPS) is 55.5. The number of hydrogen-bond donors (Lipinski definition) is 1. The molecule has 1 N–H and O–H groups in total. The number of carbonyl (C=O) groups excluding carboxylic acids is 1. The van der Waals surface area contributed by atoms with E-state index < -0.39 is 0 Å². The summed E-state index contributed by atoms with van der Waals surface area (Å²) in [5.41, 5.74) is -0.357. The molecule has 7 atom stereocenters. The summed E-state index contributed by atoms with van der Waals surface area (Å²) in [6, 6.07) is 0. The fourth-order valence-electron chi connectivity index (χ4n) is 6.83. The smallest absolute Gasteiger partial charge is 0.309 e. The highest BCUT2D eigenvalue weighted by molar-refractivity contribution is 5.73. The molecule has 0 aromatic rings. The molecule has 5 rings (SSSR count). The molecule has 5 aliphatic rings.